The minimum Gasteiger partial charge on any atom is -0.481 e. The second-order valence-corrected chi connectivity index (χ2v) is 5.06. The van der Waals surface area contributed by atoms with Crippen LogP contribution in [0.25, 0.3) is 0 Å². The standard InChI is InChI=1S/C12H23NO2/c1-9(2)13(6-4-5-12(14)15)11-7-10(3)8-11/h9-11H,4-8H2,1-3H3,(H,14,15). The van der Waals surface area contributed by atoms with E-state index in [1.54, 1.807) is 0 Å². The van der Waals surface area contributed by atoms with Crippen LogP contribution < -0.4 is 0 Å². The van der Waals surface area contributed by atoms with E-state index in [1.807, 2.05) is 0 Å². The summed E-state index contributed by atoms with van der Waals surface area (Å²) in [6, 6.07) is 1.24. The van der Waals surface area contributed by atoms with E-state index >= 15 is 0 Å². The SMILES string of the molecule is CC1CC(N(CCCC(=O)O)C(C)C)C1. The number of hydrogen-bond acceptors (Lipinski definition) is 2. The van der Waals surface area contributed by atoms with Crippen LogP contribution in [0.2, 0.25) is 0 Å². The van der Waals surface area contributed by atoms with Crippen LogP contribution in [0.3, 0.4) is 0 Å². The summed E-state index contributed by atoms with van der Waals surface area (Å²) >= 11 is 0. The van der Waals surface area contributed by atoms with Crippen molar-refractivity contribution in [3.05, 3.63) is 0 Å². The maximum Gasteiger partial charge on any atom is 0.303 e. The number of nitrogens with zero attached hydrogens (tertiary/aromatic N) is 1. The Labute approximate surface area is 92.5 Å². The van der Waals surface area contributed by atoms with Crippen molar-refractivity contribution in [1.29, 1.82) is 0 Å². The van der Waals surface area contributed by atoms with Gasteiger partial charge in [-0.2, -0.15) is 0 Å². The van der Waals surface area contributed by atoms with Gasteiger partial charge in [-0.1, -0.05) is 6.92 Å². The third-order valence-corrected chi connectivity index (χ3v) is 3.29. The fraction of sp³-hybridized carbons (Fsp3) is 0.917. The first-order valence-electron chi connectivity index (χ1n) is 5.98. The summed E-state index contributed by atoms with van der Waals surface area (Å²) < 4.78 is 0. The second-order valence-electron chi connectivity index (χ2n) is 5.06. The Morgan fingerprint density at radius 2 is 2.07 bits per heavy atom. The Bertz CT molecular complexity index is 210. The van der Waals surface area contributed by atoms with Crippen LogP contribution in [-0.2, 0) is 4.79 Å². The average molecular weight is 213 g/mol. The molecule has 0 unspecified atom stereocenters. The molecular formula is C12H23NO2. The maximum absolute atomic E-state index is 10.4. The summed E-state index contributed by atoms with van der Waals surface area (Å²) in [6.07, 6.45) is 3.64. The molecule has 0 radical (unpaired) electrons. The molecule has 1 saturated carbocycles. The van der Waals surface area contributed by atoms with Crippen LogP contribution in [0.5, 0.6) is 0 Å². The molecular weight excluding hydrogens is 190 g/mol. The van der Waals surface area contributed by atoms with Gasteiger partial charge in [-0.05, 0) is 45.6 Å². The van der Waals surface area contributed by atoms with Gasteiger partial charge in [-0.25, -0.2) is 0 Å². The third kappa shape index (κ3) is 3.82. The average Bonchev–Trinajstić information content (AvgIpc) is 2.07. The van der Waals surface area contributed by atoms with Crippen molar-refractivity contribution in [3.8, 4) is 0 Å². The summed E-state index contributed by atoms with van der Waals surface area (Å²) in [5.41, 5.74) is 0. The number of carbonyl (C=O) groups is 1. The van der Waals surface area contributed by atoms with Gasteiger partial charge in [0.05, 0.1) is 0 Å². The molecule has 1 N–H and O–H groups in total. The van der Waals surface area contributed by atoms with Crippen LogP contribution in [-0.4, -0.2) is 34.6 Å². The van der Waals surface area contributed by atoms with E-state index < -0.39 is 5.97 Å². The van der Waals surface area contributed by atoms with Gasteiger partial charge in [0.1, 0.15) is 0 Å². The molecule has 1 rings (SSSR count). The van der Waals surface area contributed by atoms with Crippen molar-refractivity contribution in [2.24, 2.45) is 5.92 Å². The van der Waals surface area contributed by atoms with Gasteiger partial charge >= 0.3 is 5.97 Å². The minimum absolute atomic E-state index is 0.297. The smallest absolute Gasteiger partial charge is 0.303 e. The fourth-order valence-corrected chi connectivity index (χ4v) is 2.41. The third-order valence-electron chi connectivity index (χ3n) is 3.29. The van der Waals surface area contributed by atoms with Crippen LogP contribution in [0, 0.1) is 5.92 Å². The molecule has 88 valence electrons. The maximum atomic E-state index is 10.4. The van der Waals surface area contributed by atoms with Crippen molar-refractivity contribution in [1.82, 2.24) is 4.90 Å². The minimum atomic E-state index is -0.680. The molecule has 0 aromatic carbocycles. The zero-order chi connectivity index (χ0) is 11.4. The molecule has 0 heterocycles. The Hall–Kier alpha value is -0.570. The van der Waals surface area contributed by atoms with Crippen LogP contribution >= 0.6 is 0 Å². The highest BCUT2D eigenvalue weighted by molar-refractivity contribution is 5.66. The van der Waals surface area contributed by atoms with Gasteiger partial charge in [-0.3, -0.25) is 9.69 Å². The number of carboxylic acid groups (broad SMARTS) is 1. The predicted octanol–water partition coefficient (Wildman–Crippen LogP) is 2.36. The van der Waals surface area contributed by atoms with Gasteiger partial charge < -0.3 is 5.11 Å². The lowest BCUT2D eigenvalue weighted by Crippen LogP contribution is -2.47. The first kappa shape index (κ1) is 12.5. The van der Waals surface area contributed by atoms with Crippen LogP contribution in [0.15, 0.2) is 0 Å². The van der Waals surface area contributed by atoms with E-state index in [0.29, 0.717) is 18.5 Å². The van der Waals surface area contributed by atoms with E-state index in [2.05, 4.69) is 25.7 Å². The zero-order valence-corrected chi connectivity index (χ0v) is 10.1. The molecule has 0 spiro atoms. The lowest BCUT2D eigenvalue weighted by molar-refractivity contribution is -0.137. The van der Waals surface area contributed by atoms with Crippen LogP contribution in [0.4, 0.5) is 0 Å². The molecule has 0 bridgehead atoms. The quantitative estimate of drug-likeness (QED) is 0.736. The molecule has 0 aromatic rings. The highest BCUT2D eigenvalue weighted by atomic mass is 16.4. The molecule has 15 heavy (non-hydrogen) atoms. The van der Waals surface area contributed by atoms with E-state index in [1.165, 1.54) is 12.8 Å². The largest absolute Gasteiger partial charge is 0.481 e. The lowest BCUT2D eigenvalue weighted by atomic mass is 9.80. The highest BCUT2D eigenvalue weighted by Crippen LogP contribution is 2.32. The van der Waals surface area contributed by atoms with E-state index in [9.17, 15) is 4.79 Å². The summed E-state index contributed by atoms with van der Waals surface area (Å²) in [4.78, 5) is 12.9. The predicted molar refractivity (Wildman–Crippen MR) is 60.9 cm³/mol. The van der Waals surface area contributed by atoms with Gasteiger partial charge in [0.15, 0.2) is 0 Å². The fourth-order valence-electron chi connectivity index (χ4n) is 2.41. The highest BCUT2D eigenvalue weighted by Gasteiger charge is 2.31. The summed E-state index contributed by atoms with van der Waals surface area (Å²) in [5, 5.41) is 8.60. The van der Waals surface area contributed by atoms with E-state index in [-0.39, 0.29) is 0 Å². The Morgan fingerprint density at radius 1 is 1.47 bits per heavy atom. The van der Waals surface area contributed by atoms with Crippen molar-refractivity contribution in [3.63, 3.8) is 0 Å². The second kappa shape index (κ2) is 5.50. The Morgan fingerprint density at radius 3 is 2.47 bits per heavy atom. The number of carboxylic acids is 1. The van der Waals surface area contributed by atoms with Gasteiger partial charge in [0.25, 0.3) is 0 Å². The first-order valence-corrected chi connectivity index (χ1v) is 5.98. The Kier molecular flexibility index (Phi) is 4.58. The molecule has 0 amide bonds. The molecule has 0 aromatic heterocycles. The van der Waals surface area contributed by atoms with E-state index in [0.717, 1.165) is 18.9 Å². The van der Waals surface area contributed by atoms with Crippen molar-refractivity contribution >= 4 is 5.97 Å². The summed E-state index contributed by atoms with van der Waals surface area (Å²) in [6.45, 7) is 7.61. The topological polar surface area (TPSA) is 40.5 Å². The first-order chi connectivity index (χ1) is 7.00. The van der Waals surface area contributed by atoms with Gasteiger partial charge in [0.2, 0.25) is 0 Å². The van der Waals surface area contributed by atoms with Crippen LogP contribution in [0.1, 0.15) is 46.5 Å². The van der Waals surface area contributed by atoms with Gasteiger partial charge in [0, 0.05) is 18.5 Å². The van der Waals surface area contributed by atoms with Crippen molar-refractivity contribution in [2.75, 3.05) is 6.54 Å². The molecule has 0 aliphatic heterocycles. The molecule has 3 heteroatoms. The summed E-state index contributed by atoms with van der Waals surface area (Å²) in [5.74, 6) is 0.177. The monoisotopic (exact) mass is 213 g/mol. The molecule has 3 nitrogen and oxygen atoms in total. The zero-order valence-electron chi connectivity index (χ0n) is 10.1. The van der Waals surface area contributed by atoms with Gasteiger partial charge in [-0.15, -0.1) is 0 Å². The number of aliphatic carboxylic acids is 1. The van der Waals surface area contributed by atoms with E-state index in [4.69, 9.17) is 5.11 Å². The number of hydrogen-bond donors (Lipinski definition) is 1. The number of rotatable bonds is 6. The molecule has 0 saturated heterocycles. The molecule has 1 aliphatic rings. The van der Waals surface area contributed by atoms with Crippen molar-refractivity contribution < 1.29 is 9.90 Å². The normalized spacial score (nSPS) is 25.7. The molecule has 1 aliphatic carbocycles. The Balaban J connectivity index is 2.28. The summed E-state index contributed by atoms with van der Waals surface area (Å²) in [7, 11) is 0. The molecule has 1 fully saturated rings. The molecule has 0 atom stereocenters. The lowest BCUT2D eigenvalue weighted by Gasteiger charge is -2.44. The van der Waals surface area contributed by atoms with Crippen molar-refractivity contribution in [2.45, 2.75) is 58.5 Å².